The number of aliphatic hydroxyl groups excluding tert-OH is 1. The third kappa shape index (κ3) is 3.48. The van der Waals surface area contributed by atoms with Crippen LogP contribution in [0.5, 0.6) is 0 Å². The Balaban J connectivity index is 3.39. The van der Waals surface area contributed by atoms with Gasteiger partial charge in [0.05, 0.1) is 6.61 Å². The number of hydrogen-bond donors (Lipinski definition) is 2. The van der Waals surface area contributed by atoms with Crippen LogP contribution in [-0.4, -0.2) is 35.4 Å². The minimum atomic E-state index is -1.65. The molecule has 0 aliphatic heterocycles. The van der Waals surface area contributed by atoms with Crippen molar-refractivity contribution in [1.29, 1.82) is 0 Å². The van der Waals surface area contributed by atoms with Gasteiger partial charge in [0.2, 0.25) is 0 Å². The standard InChI is InChI=1S/C4H6O5/c5-1-2-9-4(8)3(6)7/h5H,1-2H2,(H,6,7). The lowest BCUT2D eigenvalue weighted by molar-refractivity contribution is -0.164. The number of esters is 1. The predicted octanol–water partition coefficient (Wildman–Crippen LogP) is -1.39. The van der Waals surface area contributed by atoms with E-state index in [4.69, 9.17) is 10.2 Å². The lowest BCUT2D eigenvalue weighted by atomic mass is 10.7. The van der Waals surface area contributed by atoms with Gasteiger partial charge in [-0.1, -0.05) is 0 Å². The van der Waals surface area contributed by atoms with Gasteiger partial charge in [0.25, 0.3) is 0 Å². The molecule has 0 radical (unpaired) electrons. The van der Waals surface area contributed by atoms with E-state index in [1.54, 1.807) is 0 Å². The smallest absolute Gasteiger partial charge is 0.417 e. The molecule has 0 saturated carbocycles. The van der Waals surface area contributed by atoms with Gasteiger partial charge in [0.15, 0.2) is 0 Å². The van der Waals surface area contributed by atoms with Crippen LogP contribution >= 0.6 is 0 Å². The molecule has 52 valence electrons. The minimum Gasteiger partial charge on any atom is -0.473 e. The first kappa shape index (κ1) is 7.90. The number of carbonyl (C=O) groups is 2. The van der Waals surface area contributed by atoms with Crippen LogP contribution in [0, 0.1) is 0 Å². The molecule has 0 saturated heterocycles. The summed E-state index contributed by atoms with van der Waals surface area (Å²) in [6.45, 7) is -0.635. The monoisotopic (exact) mass is 134 g/mol. The van der Waals surface area contributed by atoms with Gasteiger partial charge in [-0.2, -0.15) is 0 Å². The number of carboxylic acids is 1. The summed E-state index contributed by atoms with van der Waals surface area (Å²) in [6, 6.07) is 0. The average Bonchev–Trinajstić information content (AvgIpc) is 1.82. The van der Waals surface area contributed by atoms with Gasteiger partial charge in [0, 0.05) is 0 Å². The Labute approximate surface area is 50.9 Å². The Morgan fingerprint density at radius 1 is 1.44 bits per heavy atom. The summed E-state index contributed by atoms with van der Waals surface area (Å²) in [5.74, 6) is -2.99. The van der Waals surface area contributed by atoms with Crippen LogP contribution in [-0.2, 0) is 14.3 Å². The summed E-state index contributed by atoms with van der Waals surface area (Å²) in [7, 11) is 0. The normalized spacial score (nSPS) is 8.56. The van der Waals surface area contributed by atoms with Gasteiger partial charge < -0.3 is 14.9 Å². The van der Waals surface area contributed by atoms with E-state index in [1.165, 1.54) is 0 Å². The Bertz CT molecular complexity index is 118. The molecule has 0 aromatic heterocycles. The molecule has 0 heterocycles. The molecule has 5 heteroatoms. The molecule has 0 aromatic carbocycles. The average molecular weight is 134 g/mol. The number of carbonyl (C=O) groups excluding carboxylic acids is 1. The predicted molar refractivity (Wildman–Crippen MR) is 25.7 cm³/mol. The van der Waals surface area contributed by atoms with Crippen molar-refractivity contribution in [1.82, 2.24) is 0 Å². The highest BCUT2D eigenvalue weighted by Gasteiger charge is 2.10. The van der Waals surface area contributed by atoms with Crippen LogP contribution in [0.25, 0.3) is 0 Å². The highest BCUT2D eigenvalue weighted by Crippen LogP contribution is 1.75. The van der Waals surface area contributed by atoms with E-state index in [9.17, 15) is 9.59 Å². The largest absolute Gasteiger partial charge is 0.473 e. The van der Waals surface area contributed by atoms with Crippen molar-refractivity contribution in [2.24, 2.45) is 0 Å². The molecule has 0 spiro atoms. The first-order valence-corrected chi connectivity index (χ1v) is 2.19. The molecular weight excluding hydrogens is 128 g/mol. The number of aliphatic hydroxyl groups is 1. The van der Waals surface area contributed by atoms with Crippen molar-refractivity contribution in [2.75, 3.05) is 13.2 Å². The number of ether oxygens (including phenoxy) is 1. The molecule has 0 aliphatic rings. The van der Waals surface area contributed by atoms with Gasteiger partial charge >= 0.3 is 11.9 Å². The maximum Gasteiger partial charge on any atom is 0.417 e. The van der Waals surface area contributed by atoms with E-state index in [1.807, 2.05) is 0 Å². The Morgan fingerprint density at radius 2 is 2.00 bits per heavy atom. The van der Waals surface area contributed by atoms with Gasteiger partial charge in [-0.25, -0.2) is 9.59 Å². The zero-order chi connectivity index (χ0) is 7.28. The molecule has 5 nitrogen and oxygen atoms in total. The maximum absolute atomic E-state index is 9.97. The Morgan fingerprint density at radius 3 is 2.33 bits per heavy atom. The van der Waals surface area contributed by atoms with Gasteiger partial charge in [-0.05, 0) is 0 Å². The molecule has 0 rings (SSSR count). The van der Waals surface area contributed by atoms with Crippen LogP contribution < -0.4 is 0 Å². The lowest BCUT2D eigenvalue weighted by Crippen LogP contribution is -2.17. The summed E-state index contributed by atoms with van der Waals surface area (Å²) in [6.07, 6.45) is 0. The first-order valence-electron chi connectivity index (χ1n) is 2.19. The Kier molecular flexibility index (Phi) is 3.38. The highest BCUT2D eigenvalue weighted by molar-refractivity contribution is 6.28. The van der Waals surface area contributed by atoms with E-state index < -0.39 is 11.9 Å². The summed E-state index contributed by atoms with van der Waals surface area (Å²) in [5, 5.41) is 15.9. The second-order valence-corrected chi connectivity index (χ2v) is 1.16. The van der Waals surface area contributed by atoms with Crippen molar-refractivity contribution in [3.05, 3.63) is 0 Å². The van der Waals surface area contributed by atoms with Crippen molar-refractivity contribution in [3.63, 3.8) is 0 Å². The van der Waals surface area contributed by atoms with Crippen LogP contribution in [0.4, 0.5) is 0 Å². The quantitative estimate of drug-likeness (QED) is 0.358. The number of aliphatic carboxylic acids is 1. The molecule has 0 atom stereocenters. The van der Waals surface area contributed by atoms with Crippen molar-refractivity contribution in [3.8, 4) is 0 Å². The van der Waals surface area contributed by atoms with E-state index in [2.05, 4.69) is 4.74 Å². The summed E-state index contributed by atoms with van der Waals surface area (Å²) >= 11 is 0. The lowest BCUT2D eigenvalue weighted by Gasteiger charge is -1.94. The molecule has 0 unspecified atom stereocenters. The van der Waals surface area contributed by atoms with E-state index in [-0.39, 0.29) is 13.2 Å². The van der Waals surface area contributed by atoms with Gasteiger partial charge in [0.1, 0.15) is 6.61 Å². The second-order valence-electron chi connectivity index (χ2n) is 1.16. The highest BCUT2D eigenvalue weighted by atomic mass is 16.6. The first-order chi connectivity index (χ1) is 4.18. The molecule has 0 fully saturated rings. The fourth-order valence-electron chi connectivity index (χ4n) is 0.200. The molecule has 9 heavy (non-hydrogen) atoms. The fourth-order valence-corrected chi connectivity index (χ4v) is 0.200. The summed E-state index contributed by atoms with van der Waals surface area (Å²) < 4.78 is 3.96. The topological polar surface area (TPSA) is 83.8 Å². The minimum absolute atomic E-state index is 0.273. The number of hydrogen-bond acceptors (Lipinski definition) is 4. The fraction of sp³-hybridized carbons (Fsp3) is 0.500. The Hall–Kier alpha value is -1.10. The van der Waals surface area contributed by atoms with Crippen molar-refractivity contribution in [2.45, 2.75) is 0 Å². The third-order valence-corrected chi connectivity index (χ3v) is 0.499. The molecule has 0 aliphatic carbocycles. The molecule has 0 bridgehead atoms. The van der Waals surface area contributed by atoms with Crippen LogP contribution in [0.15, 0.2) is 0 Å². The maximum atomic E-state index is 9.97. The molecule has 2 N–H and O–H groups in total. The SMILES string of the molecule is O=C(O)C(=O)OCCO. The number of carboxylic acid groups (broad SMARTS) is 1. The van der Waals surface area contributed by atoms with Crippen molar-refractivity contribution < 1.29 is 24.5 Å². The second kappa shape index (κ2) is 3.85. The van der Waals surface area contributed by atoms with Crippen LogP contribution in [0.2, 0.25) is 0 Å². The van der Waals surface area contributed by atoms with Gasteiger partial charge in [-0.15, -0.1) is 0 Å². The van der Waals surface area contributed by atoms with E-state index >= 15 is 0 Å². The molecule has 0 amide bonds. The summed E-state index contributed by atoms with van der Waals surface area (Å²) in [5.41, 5.74) is 0. The molecule has 0 aromatic rings. The zero-order valence-corrected chi connectivity index (χ0v) is 4.53. The summed E-state index contributed by atoms with van der Waals surface area (Å²) in [4.78, 5) is 19.6. The van der Waals surface area contributed by atoms with E-state index in [0.29, 0.717) is 0 Å². The third-order valence-electron chi connectivity index (χ3n) is 0.499. The molecular formula is C4H6O5. The van der Waals surface area contributed by atoms with E-state index in [0.717, 1.165) is 0 Å². The van der Waals surface area contributed by atoms with Crippen LogP contribution in [0.1, 0.15) is 0 Å². The number of rotatable bonds is 2. The van der Waals surface area contributed by atoms with Crippen molar-refractivity contribution >= 4 is 11.9 Å². The van der Waals surface area contributed by atoms with Crippen LogP contribution in [0.3, 0.4) is 0 Å². The zero-order valence-electron chi connectivity index (χ0n) is 4.53. The van der Waals surface area contributed by atoms with Gasteiger partial charge in [-0.3, -0.25) is 0 Å².